The summed E-state index contributed by atoms with van der Waals surface area (Å²) in [6.07, 6.45) is 0. The number of ether oxygens (including phenoxy) is 4. The normalized spacial score (nSPS) is 13.8. The second-order valence-electron chi connectivity index (χ2n) is 8.01. The third-order valence-corrected chi connectivity index (χ3v) is 5.92. The van der Waals surface area contributed by atoms with Crippen LogP contribution in [0.5, 0.6) is 23.0 Å². The summed E-state index contributed by atoms with van der Waals surface area (Å²) in [4.78, 5) is 26.2. The van der Waals surface area contributed by atoms with Crippen LogP contribution < -0.4 is 18.9 Å². The monoisotopic (exact) mass is 446 g/mol. The molecule has 3 aromatic rings. The zero-order valence-corrected chi connectivity index (χ0v) is 18.9. The van der Waals surface area contributed by atoms with Gasteiger partial charge < -0.3 is 18.9 Å². The molecule has 1 heterocycles. The first-order valence-electron chi connectivity index (χ1n) is 10.8. The Morgan fingerprint density at radius 3 is 2.15 bits per heavy atom. The van der Waals surface area contributed by atoms with E-state index in [0.29, 0.717) is 40.7 Å². The Labute approximate surface area is 193 Å². The highest BCUT2D eigenvalue weighted by Crippen LogP contribution is 2.34. The van der Waals surface area contributed by atoms with Gasteiger partial charge in [0.15, 0.2) is 34.6 Å². The molecule has 0 amide bonds. The molecule has 6 heteroatoms. The smallest absolute Gasteiger partial charge is 0.231 e. The minimum absolute atomic E-state index is 0.121. The molecule has 0 saturated heterocycles. The number of hydrogen-bond acceptors (Lipinski definition) is 6. The van der Waals surface area contributed by atoms with Gasteiger partial charge in [0.2, 0.25) is 6.79 Å². The Bertz CT molecular complexity index is 1150. The second kappa shape index (κ2) is 9.77. The topological polar surface area (TPSA) is 71.1 Å². The van der Waals surface area contributed by atoms with E-state index in [1.54, 1.807) is 50.2 Å². The standard InChI is InChI=1S/C27H26O6/c1-17(18(2)27(29)21-10-12-23-25(14-21)33-16-32-23)26(28)20-9-11-22(24(13-20)30-3)31-15-19-7-5-4-6-8-19/h4-14,17-18H,15-16H2,1-3H3. The number of fused-ring (bicyclic) bond motifs is 1. The van der Waals surface area contributed by atoms with Crippen molar-refractivity contribution in [1.82, 2.24) is 0 Å². The van der Waals surface area contributed by atoms with Crippen molar-refractivity contribution in [3.63, 3.8) is 0 Å². The van der Waals surface area contributed by atoms with E-state index in [1.165, 1.54) is 7.11 Å². The second-order valence-corrected chi connectivity index (χ2v) is 8.01. The fraction of sp³-hybridized carbons (Fsp3) is 0.259. The Hall–Kier alpha value is -3.80. The molecule has 0 N–H and O–H groups in total. The van der Waals surface area contributed by atoms with Gasteiger partial charge in [0.05, 0.1) is 7.11 Å². The van der Waals surface area contributed by atoms with Gasteiger partial charge in [-0.1, -0.05) is 44.2 Å². The summed E-state index contributed by atoms with van der Waals surface area (Å²) in [6, 6.07) is 20.0. The highest BCUT2D eigenvalue weighted by atomic mass is 16.7. The number of benzene rings is 3. The van der Waals surface area contributed by atoms with Crippen LogP contribution in [-0.4, -0.2) is 25.5 Å². The molecule has 4 rings (SSSR count). The Kier molecular flexibility index (Phi) is 6.63. The minimum atomic E-state index is -0.524. The molecule has 2 unspecified atom stereocenters. The molecular weight excluding hydrogens is 420 g/mol. The lowest BCUT2D eigenvalue weighted by molar-refractivity contribution is 0.0793. The van der Waals surface area contributed by atoms with E-state index in [9.17, 15) is 9.59 Å². The van der Waals surface area contributed by atoms with Crippen LogP contribution in [0.25, 0.3) is 0 Å². The molecule has 3 aromatic carbocycles. The molecule has 1 aliphatic rings. The maximum atomic E-state index is 13.2. The molecule has 0 aliphatic carbocycles. The van der Waals surface area contributed by atoms with Crippen molar-refractivity contribution in [2.75, 3.05) is 13.9 Å². The maximum Gasteiger partial charge on any atom is 0.231 e. The van der Waals surface area contributed by atoms with Gasteiger partial charge in [0.1, 0.15) is 6.61 Å². The number of carbonyl (C=O) groups excluding carboxylic acids is 2. The van der Waals surface area contributed by atoms with Crippen LogP contribution in [0.15, 0.2) is 66.7 Å². The highest BCUT2D eigenvalue weighted by Gasteiger charge is 2.29. The van der Waals surface area contributed by atoms with E-state index >= 15 is 0 Å². The first kappa shape index (κ1) is 22.4. The third kappa shape index (κ3) is 4.85. The lowest BCUT2D eigenvalue weighted by atomic mass is 9.83. The van der Waals surface area contributed by atoms with Crippen LogP contribution in [0, 0.1) is 11.8 Å². The molecule has 6 nitrogen and oxygen atoms in total. The molecule has 33 heavy (non-hydrogen) atoms. The average Bonchev–Trinajstić information content (AvgIpc) is 3.34. The van der Waals surface area contributed by atoms with Crippen molar-refractivity contribution in [1.29, 1.82) is 0 Å². The van der Waals surface area contributed by atoms with E-state index in [0.717, 1.165) is 5.56 Å². The molecule has 0 saturated carbocycles. The van der Waals surface area contributed by atoms with Gasteiger partial charge in [-0.3, -0.25) is 9.59 Å². The summed E-state index contributed by atoms with van der Waals surface area (Å²) >= 11 is 0. The van der Waals surface area contributed by atoms with Crippen LogP contribution in [0.1, 0.15) is 40.1 Å². The fourth-order valence-electron chi connectivity index (χ4n) is 3.71. The number of ketones is 2. The van der Waals surface area contributed by atoms with Gasteiger partial charge in [0.25, 0.3) is 0 Å². The third-order valence-electron chi connectivity index (χ3n) is 5.92. The molecule has 2 atom stereocenters. The number of Topliss-reactive ketones (excluding diaryl/α,β-unsaturated/α-hetero) is 2. The highest BCUT2D eigenvalue weighted by molar-refractivity contribution is 6.05. The molecule has 170 valence electrons. The SMILES string of the molecule is COc1cc(C(=O)C(C)C(C)C(=O)c2ccc3c(c2)OCO3)ccc1OCc1ccccc1. The van der Waals surface area contributed by atoms with Gasteiger partial charge >= 0.3 is 0 Å². The summed E-state index contributed by atoms with van der Waals surface area (Å²) in [7, 11) is 1.54. The zero-order chi connectivity index (χ0) is 23.4. The Morgan fingerprint density at radius 1 is 0.818 bits per heavy atom. The van der Waals surface area contributed by atoms with Gasteiger partial charge in [-0.15, -0.1) is 0 Å². The first-order chi connectivity index (χ1) is 16.0. The van der Waals surface area contributed by atoms with Crippen molar-refractivity contribution in [2.24, 2.45) is 11.8 Å². The van der Waals surface area contributed by atoms with Crippen molar-refractivity contribution in [2.45, 2.75) is 20.5 Å². The van der Waals surface area contributed by atoms with E-state index in [4.69, 9.17) is 18.9 Å². The number of hydrogen-bond donors (Lipinski definition) is 0. The van der Waals surface area contributed by atoms with Crippen LogP contribution in [0.3, 0.4) is 0 Å². The largest absolute Gasteiger partial charge is 0.493 e. The Balaban J connectivity index is 1.46. The lowest BCUT2D eigenvalue weighted by Crippen LogP contribution is -2.26. The molecule has 0 radical (unpaired) electrons. The summed E-state index contributed by atoms with van der Waals surface area (Å²) in [5.41, 5.74) is 1.99. The quantitative estimate of drug-likeness (QED) is 0.413. The van der Waals surface area contributed by atoms with Crippen LogP contribution in [0.2, 0.25) is 0 Å². The van der Waals surface area contributed by atoms with E-state index in [2.05, 4.69) is 0 Å². The van der Waals surface area contributed by atoms with Gasteiger partial charge in [0, 0.05) is 23.0 Å². The van der Waals surface area contributed by atoms with Crippen LogP contribution >= 0.6 is 0 Å². The predicted molar refractivity (Wildman–Crippen MR) is 123 cm³/mol. The molecule has 0 fully saturated rings. The molecule has 0 spiro atoms. The van der Waals surface area contributed by atoms with E-state index in [-0.39, 0.29) is 18.4 Å². The summed E-state index contributed by atoms with van der Waals surface area (Å²) in [5, 5.41) is 0. The van der Waals surface area contributed by atoms with Gasteiger partial charge in [-0.05, 0) is 42.0 Å². The average molecular weight is 446 g/mol. The molecular formula is C27H26O6. The number of methoxy groups -OCH3 is 1. The minimum Gasteiger partial charge on any atom is -0.493 e. The van der Waals surface area contributed by atoms with Crippen molar-refractivity contribution < 1.29 is 28.5 Å². The number of carbonyl (C=O) groups is 2. The van der Waals surface area contributed by atoms with Crippen LogP contribution in [-0.2, 0) is 6.61 Å². The molecule has 0 bridgehead atoms. The molecule has 1 aliphatic heterocycles. The summed E-state index contributed by atoms with van der Waals surface area (Å²) < 4.78 is 22.0. The maximum absolute atomic E-state index is 13.2. The Morgan fingerprint density at radius 2 is 1.45 bits per heavy atom. The number of rotatable bonds is 9. The van der Waals surface area contributed by atoms with E-state index in [1.807, 2.05) is 30.3 Å². The van der Waals surface area contributed by atoms with Crippen molar-refractivity contribution in [3.05, 3.63) is 83.4 Å². The van der Waals surface area contributed by atoms with Gasteiger partial charge in [-0.2, -0.15) is 0 Å². The van der Waals surface area contributed by atoms with Crippen molar-refractivity contribution in [3.8, 4) is 23.0 Å². The first-order valence-corrected chi connectivity index (χ1v) is 10.8. The van der Waals surface area contributed by atoms with Crippen LogP contribution in [0.4, 0.5) is 0 Å². The van der Waals surface area contributed by atoms with E-state index < -0.39 is 11.8 Å². The predicted octanol–water partition coefficient (Wildman–Crippen LogP) is 5.34. The summed E-state index contributed by atoms with van der Waals surface area (Å²) in [5.74, 6) is 0.886. The van der Waals surface area contributed by atoms with Crippen molar-refractivity contribution >= 4 is 11.6 Å². The lowest BCUT2D eigenvalue weighted by Gasteiger charge is -2.19. The van der Waals surface area contributed by atoms with Gasteiger partial charge in [-0.25, -0.2) is 0 Å². The summed E-state index contributed by atoms with van der Waals surface area (Å²) in [6.45, 7) is 4.07. The zero-order valence-electron chi connectivity index (χ0n) is 18.9. The molecule has 0 aromatic heterocycles. The fourth-order valence-corrected chi connectivity index (χ4v) is 3.71.